The number of amides is 1. The van der Waals surface area contributed by atoms with Crippen LogP contribution in [0, 0.1) is 22.9 Å². The summed E-state index contributed by atoms with van der Waals surface area (Å²) < 4.78 is 23.8. The highest BCUT2D eigenvalue weighted by Gasteiger charge is 2.25. The summed E-state index contributed by atoms with van der Waals surface area (Å²) in [6.07, 6.45) is 0. The maximum Gasteiger partial charge on any atom is 0.286 e. The van der Waals surface area contributed by atoms with Crippen LogP contribution in [0.5, 0.6) is 11.5 Å². The summed E-state index contributed by atoms with van der Waals surface area (Å²) >= 11 is 0. The van der Waals surface area contributed by atoms with Gasteiger partial charge in [0.2, 0.25) is 0 Å². The molecule has 0 radical (unpaired) electrons. The van der Waals surface area contributed by atoms with Gasteiger partial charge in [0.15, 0.2) is 11.5 Å². The number of nitro benzene ring substituents is 1. The predicted octanol–water partition coefficient (Wildman–Crippen LogP) is 3.70. The summed E-state index contributed by atoms with van der Waals surface area (Å²) in [5.74, 6) is -0.923. The van der Waals surface area contributed by atoms with Gasteiger partial charge in [0, 0.05) is 11.8 Å². The van der Waals surface area contributed by atoms with Crippen molar-refractivity contribution in [3.05, 3.63) is 57.4 Å². The zero-order valence-electron chi connectivity index (χ0n) is 14.0. The first-order chi connectivity index (χ1) is 11.9. The number of nitrogens with one attached hydrogen (secondary N) is 1. The van der Waals surface area contributed by atoms with E-state index in [1.54, 1.807) is 13.8 Å². The zero-order chi connectivity index (χ0) is 18.6. The van der Waals surface area contributed by atoms with Crippen LogP contribution in [0.4, 0.5) is 15.8 Å². The predicted molar refractivity (Wildman–Crippen MR) is 89.9 cm³/mol. The molecule has 0 atom stereocenters. The maximum absolute atomic E-state index is 13.4. The first kappa shape index (κ1) is 18.2. The highest BCUT2D eigenvalue weighted by Crippen LogP contribution is 2.35. The van der Waals surface area contributed by atoms with Crippen molar-refractivity contribution in [3.63, 3.8) is 0 Å². The number of nitrogens with zero attached hydrogens (tertiary/aromatic N) is 1. The number of methoxy groups -OCH3 is 1. The standard InChI is InChI=1S/C17H17FN2O5/c1-4-25-16-8-12(14(20(22)23)9-15(16)24-3)17(21)19-13-7-11(18)6-5-10(13)2/h5-9H,4H2,1-3H3,(H,19,21). The van der Waals surface area contributed by atoms with Crippen LogP contribution >= 0.6 is 0 Å². The average Bonchev–Trinajstić information content (AvgIpc) is 2.57. The molecule has 0 saturated carbocycles. The number of nitro groups is 1. The molecule has 1 N–H and O–H groups in total. The van der Waals surface area contributed by atoms with Crippen molar-refractivity contribution in [3.8, 4) is 11.5 Å². The zero-order valence-corrected chi connectivity index (χ0v) is 14.0. The minimum Gasteiger partial charge on any atom is -0.493 e. The van der Waals surface area contributed by atoms with Gasteiger partial charge in [0.05, 0.1) is 24.7 Å². The Bertz CT molecular complexity index is 823. The second-order valence-corrected chi connectivity index (χ2v) is 5.12. The van der Waals surface area contributed by atoms with Crippen LogP contribution < -0.4 is 14.8 Å². The smallest absolute Gasteiger partial charge is 0.286 e. The van der Waals surface area contributed by atoms with Gasteiger partial charge >= 0.3 is 0 Å². The van der Waals surface area contributed by atoms with Crippen LogP contribution in [0.2, 0.25) is 0 Å². The summed E-state index contributed by atoms with van der Waals surface area (Å²) in [4.78, 5) is 23.1. The van der Waals surface area contributed by atoms with Crippen molar-refractivity contribution < 1.29 is 23.6 Å². The van der Waals surface area contributed by atoms with Crippen molar-refractivity contribution in [2.45, 2.75) is 13.8 Å². The monoisotopic (exact) mass is 348 g/mol. The van der Waals surface area contributed by atoms with Gasteiger partial charge in [-0.05, 0) is 31.5 Å². The lowest BCUT2D eigenvalue weighted by molar-refractivity contribution is -0.385. The number of carbonyl (C=O) groups is 1. The van der Waals surface area contributed by atoms with E-state index in [1.807, 2.05) is 0 Å². The molecule has 0 aliphatic rings. The molecule has 25 heavy (non-hydrogen) atoms. The van der Waals surface area contributed by atoms with Crippen LogP contribution in [-0.4, -0.2) is 24.5 Å². The number of halogens is 1. The average molecular weight is 348 g/mol. The van der Waals surface area contributed by atoms with Gasteiger partial charge in [0.25, 0.3) is 11.6 Å². The molecule has 0 saturated heterocycles. The Balaban J connectivity index is 2.48. The molecular weight excluding hydrogens is 331 g/mol. The molecule has 1 amide bonds. The molecule has 2 aromatic rings. The minimum absolute atomic E-state index is 0.145. The second-order valence-electron chi connectivity index (χ2n) is 5.12. The van der Waals surface area contributed by atoms with Crippen LogP contribution in [-0.2, 0) is 0 Å². The number of anilines is 1. The van der Waals surface area contributed by atoms with Crippen LogP contribution in [0.1, 0.15) is 22.8 Å². The Morgan fingerprint density at radius 2 is 2.00 bits per heavy atom. The Kier molecular flexibility index (Phi) is 5.53. The SMILES string of the molecule is CCOc1cc(C(=O)Nc2cc(F)ccc2C)c([N+](=O)[O-])cc1OC. The molecule has 8 heteroatoms. The largest absolute Gasteiger partial charge is 0.493 e. The molecular formula is C17H17FN2O5. The van der Waals surface area contributed by atoms with Gasteiger partial charge < -0.3 is 14.8 Å². The Hall–Kier alpha value is -3.16. The second kappa shape index (κ2) is 7.61. The summed E-state index contributed by atoms with van der Waals surface area (Å²) in [6.45, 7) is 3.71. The van der Waals surface area contributed by atoms with E-state index in [-0.39, 0.29) is 29.4 Å². The van der Waals surface area contributed by atoms with E-state index in [0.29, 0.717) is 5.56 Å². The number of ether oxygens (including phenoxy) is 2. The highest BCUT2D eigenvalue weighted by atomic mass is 19.1. The van der Waals surface area contributed by atoms with E-state index < -0.39 is 22.3 Å². The van der Waals surface area contributed by atoms with Crippen LogP contribution in [0.15, 0.2) is 30.3 Å². The Morgan fingerprint density at radius 1 is 1.28 bits per heavy atom. The van der Waals surface area contributed by atoms with Gasteiger partial charge in [-0.2, -0.15) is 0 Å². The summed E-state index contributed by atoms with van der Waals surface area (Å²) in [6, 6.07) is 6.27. The summed E-state index contributed by atoms with van der Waals surface area (Å²) in [5.41, 5.74) is 0.203. The first-order valence-corrected chi connectivity index (χ1v) is 7.44. The third-order valence-corrected chi connectivity index (χ3v) is 3.47. The van der Waals surface area contributed by atoms with Crippen LogP contribution in [0.3, 0.4) is 0 Å². The van der Waals surface area contributed by atoms with E-state index >= 15 is 0 Å². The fourth-order valence-corrected chi connectivity index (χ4v) is 2.23. The molecule has 0 spiro atoms. The van der Waals surface area contributed by atoms with Gasteiger partial charge in [-0.25, -0.2) is 4.39 Å². The molecule has 0 aromatic heterocycles. The normalized spacial score (nSPS) is 10.2. The fraction of sp³-hybridized carbons (Fsp3) is 0.235. The molecule has 0 aliphatic carbocycles. The number of carbonyl (C=O) groups excluding carboxylic acids is 1. The molecule has 132 valence electrons. The topological polar surface area (TPSA) is 90.7 Å². The molecule has 0 heterocycles. The minimum atomic E-state index is -0.746. The van der Waals surface area contributed by atoms with Crippen molar-refractivity contribution >= 4 is 17.3 Å². The number of rotatable bonds is 6. The third-order valence-electron chi connectivity index (χ3n) is 3.47. The molecule has 2 rings (SSSR count). The van der Waals surface area contributed by atoms with E-state index in [9.17, 15) is 19.3 Å². The van der Waals surface area contributed by atoms with Crippen molar-refractivity contribution in [1.82, 2.24) is 0 Å². The Labute approximate surface area is 143 Å². The van der Waals surface area contributed by atoms with Gasteiger partial charge in [0.1, 0.15) is 11.4 Å². The van der Waals surface area contributed by atoms with E-state index in [1.165, 1.54) is 25.3 Å². The van der Waals surface area contributed by atoms with Crippen molar-refractivity contribution in [2.75, 3.05) is 19.0 Å². The maximum atomic E-state index is 13.4. The summed E-state index contributed by atoms with van der Waals surface area (Å²) in [7, 11) is 1.34. The third kappa shape index (κ3) is 4.03. The molecule has 0 unspecified atom stereocenters. The number of hydrogen-bond acceptors (Lipinski definition) is 5. The number of aryl methyl sites for hydroxylation is 1. The van der Waals surface area contributed by atoms with Crippen LogP contribution in [0.25, 0.3) is 0 Å². The lowest BCUT2D eigenvalue weighted by Gasteiger charge is -2.13. The highest BCUT2D eigenvalue weighted by molar-refractivity contribution is 6.08. The molecule has 0 bridgehead atoms. The number of hydrogen-bond donors (Lipinski definition) is 1. The van der Waals surface area contributed by atoms with Crippen molar-refractivity contribution in [2.24, 2.45) is 0 Å². The van der Waals surface area contributed by atoms with E-state index in [4.69, 9.17) is 9.47 Å². The molecule has 7 nitrogen and oxygen atoms in total. The Morgan fingerprint density at radius 3 is 2.60 bits per heavy atom. The summed E-state index contributed by atoms with van der Waals surface area (Å²) in [5, 5.41) is 13.8. The lowest BCUT2D eigenvalue weighted by Crippen LogP contribution is -2.15. The molecule has 0 aliphatic heterocycles. The van der Waals surface area contributed by atoms with Gasteiger partial charge in [-0.15, -0.1) is 0 Å². The van der Waals surface area contributed by atoms with E-state index in [0.717, 1.165) is 12.1 Å². The van der Waals surface area contributed by atoms with E-state index in [2.05, 4.69) is 5.32 Å². The molecule has 2 aromatic carbocycles. The molecule has 0 fully saturated rings. The lowest BCUT2D eigenvalue weighted by atomic mass is 10.1. The van der Waals surface area contributed by atoms with Gasteiger partial charge in [-0.1, -0.05) is 6.07 Å². The van der Waals surface area contributed by atoms with Crippen molar-refractivity contribution in [1.29, 1.82) is 0 Å². The number of benzene rings is 2. The fourth-order valence-electron chi connectivity index (χ4n) is 2.23. The first-order valence-electron chi connectivity index (χ1n) is 7.44. The van der Waals surface area contributed by atoms with Gasteiger partial charge in [-0.3, -0.25) is 14.9 Å². The quantitative estimate of drug-likeness (QED) is 0.635.